The van der Waals surface area contributed by atoms with Crippen LogP contribution in [0.25, 0.3) is 0 Å². The van der Waals surface area contributed by atoms with Crippen molar-refractivity contribution in [1.82, 2.24) is 0 Å². The van der Waals surface area contributed by atoms with Crippen LogP contribution in [0.1, 0.15) is 19.8 Å². The van der Waals surface area contributed by atoms with E-state index in [1.807, 2.05) is 0 Å². The predicted octanol–water partition coefficient (Wildman–Crippen LogP) is 4.08. The molecular weight excluding hydrogens is 318 g/mol. The van der Waals surface area contributed by atoms with Crippen molar-refractivity contribution >= 4 is 34.2 Å². The molecule has 0 N–H and O–H groups in total. The number of halogens is 1. The van der Waals surface area contributed by atoms with E-state index in [0.29, 0.717) is 22.7 Å². The zero-order valence-corrected chi connectivity index (χ0v) is 12.6. The van der Waals surface area contributed by atoms with Crippen LogP contribution in [0.2, 0.25) is 0 Å². The van der Waals surface area contributed by atoms with Crippen LogP contribution in [0.3, 0.4) is 0 Å². The SMILES string of the molecule is CC(CCS)CCOc1ccc(Br)cc1[N+](=O)[O-]. The Morgan fingerprint density at radius 3 is 2.83 bits per heavy atom. The fraction of sp³-hybridized carbons (Fsp3) is 0.500. The molecule has 0 radical (unpaired) electrons. The van der Waals surface area contributed by atoms with Crippen molar-refractivity contribution < 1.29 is 9.66 Å². The molecule has 1 aromatic rings. The summed E-state index contributed by atoms with van der Waals surface area (Å²) in [5.41, 5.74) is -0.00813. The van der Waals surface area contributed by atoms with Crippen molar-refractivity contribution in [3.8, 4) is 5.75 Å². The van der Waals surface area contributed by atoms with E-state index in [1.165, 1.54) is 6.07 Å². The first-order valence-corrected chi connectivity index (χ1v) is 7.14. The average Bonchev–Trinajstić information content (AvgIpc) is 2.31. The molecule has 1 unspecified atom stereocenters. The van der Waals surface area contributed by atoms with Crippen molar-refractivity contribution in [1.29, 1.82) is 0 Å². The smallest absolute Gasteiger partial charge is 0.312 e. The molecule has 0 fully saturated rings. The van der Waals surface area contributed by atoms with Crippen LogP contribution in [0, 0.1) is 16.0 Å². The van der Waals surface area contributed by atoms with Gasteiger partial charge >= 0.3 is 5.69 Å². The monoisotopic (exact) mass is 333 g/mol. The molecule has 0 heterocycles. The third kappa shape index (κ3) is 4.86. The number of rotatable bonds is 7. The first kappa shape index (κ1) is 15.3. The topological polar surface area (TPSA) is 52.4 Å². The molecule has 0 aromatic heterocycles. The second-order valence-electron chi connectivity index (χ2n) is 4.12. The highest BCUT2D eigenvalue weighted by atomic mass is 79.9. The third-order valence-corrected chi connectivity index (χ3v) is 3.36. The number of thiol groups is 1. The van der Waals surface area contributed by atoms with Gasteiger partial charge in [-0.25, -0.2) is 0 Å². The molecule has 4 nitrogen and oxygen atoms in total. The average molecular weight is 334 g/mol. The molecule has 0 amide bonds. The molecule has 1 atom stereocenters. The van der Waals surface area contributed by atoms with Crippen molar-refractivity contribution in [2.24, 2.45) is 5.92 Å². The summed E-state index contributed by atoms with van der Waals surface area (Å²) in [5, 5.41) is 10.9. The lowest BCUT2D eigenvalue weighted by Crippen LogP contribution is -2.06. The Morgan fingerprint density at radius 2 is 2.22 bits per heavy atom. The van der Waals surface area contributed by atoms with E-state index in [0.717, 1.165) is 18.6 Å². The molecule has 1 aromatic carbocycles. The standard InChI is InChI=1S/C12H16BrNO3S/c1-9(5-7-18)4-6-17-12-3-2-10(13)8-11(12)14(15)16/h2-3,8-9,18H,4-7H2,1H3. The largest absolute Gasteiger partial charge is 0.487 e. The summed E-state index contributed by atoms with van der Waals surface area (Å²) in [6, 6.07) is 4.80. The van der Waals surface area contributed by atoms with Gasteiger partial charge in [-0.05, 0) is 36.6 Å². The summed E-state index contributed by atoms with van der Waals surface area (Å²) < 4.78 is 6.15. The van der Waals surface area contributed by atoms with Crippen LogP contribution in [-0.2, 0) is 0 Å². The van der Waals surface area contributed by atoms with Crippen LogP contribution in [0.15, 0.2) is 22.7 Å². The first-order valence-electron chi connectivity index (χ1n) is 5.72. The predicted molar refractivity (Wildman–Crippen MR) is 78.5 cm³/mol. The quantitative estimate of drug-likeness (QED) is 0.464. The highest BCUT2D eigenvalue weighted by molar-refractivity contribution is 9.10. The van der Waals surface area contributed by atoms with Crippen LogP contribution in [-0.4, -0.2) is 17.3 Å². The van der Waals surface area contributed by atoms with Gasteiger partial charge in [-0.3, -0.25) is 10.1 Å². The molecule has 1 rings (SSSR count). The van der Waals surface area contributed by atoms with Gasteiger partial charge in [0.05, 0.1) is 11.5 Å². The normalized spacial score (nSPS) is 12.2. The van der Waals surface area contributed by atoms with Gasteiger partial charge in [-0.15, -0.1) is 0 Å². The van der Waals surface area contributed by atoms with E-state index in [9.17, 15) is 10.1 Å². The summed E-state index contributed by atoms with van der Waals surface area (Å²) in [6.45, 7) is 2.60. The Bertz CT molecular complexity index is 414. The third-order valence-electron chi connectivity index (χ3n) is 2.61. The highest BCUT2D eigenvalue weighted by Gasteiger charge is 2.15. The Kier molecular flexibility index (Phi) is 6.49. The van der Waals surface area contributed by atoms with Crippen molar-refractivity contribution in [3.05, 3.63) is 32.8 Å². The van der Waals surface area contributed by atoms with Gasteiger partial charge in [0, 0.05) is 10.5 Å². The van der Waals surface area contributed by atoms with E-state index in [-0.39, 0.29) is 5.69 Å². The molecule has 0 bridgehead atoms. The number of nitro groups is 1. The maximum Gasteiger partial charge on any atom is 0.312 e. The second kappa shape index (κ2) is 7.63. The molecule has 0 aliphatic heterocycles. The Morgan fingerprint density at radius 1 is 1.50 bits per heavy atom. The molecular formula is C12H16BrNO3S. The lowest BCUT2D eigenvalue weighted by molar-refractivity contribution is -0.385. The summed E-state index contributed by atoms with van der Waals surface area (Å²) in [7, 11) is 0. The van der Waals surface area contributed by atoms with Gasteiger partial charge in [-0.2, -0.15) is 12.6 Å². The number of nitro benzene ring substituents is 1. The fourth-order valence-electron chi connectivity index (χ4n) is 1.49. The Balaban J connectivity index is 2.59. The fourth-order valence-corrected chi connectivity index (χ4v) is 2.28. The summed E-state index contributed by atoms with van der Waals surface area (Å²) in [5.74, 6) is 1.68. The van der Waals surface area contributed by atoms with E-state index in [1.54, 1.807) is 12.1 Å². The van der Waals surface area contributed by atoms with Crippen LogP contribution in [0.4, 0.5) is 5.69 Å². The van der Waals surface area contributed by atoms with E-state index in [4.69, 9.17) is 4.74 Å². The Hall–Kier alpha value is -0.750. The lowest BCUT2D eigenvalue weighted by atomic mass is 10.1. The molecule has 18 heavy (non-hydrogen) atoms. The second-order valence-corrected chi connectivity index (χ2v) is 5.49. The lowest BCUT2D eigenvalue weighted by Gasteiger charge is -2.11. The van der Waals surface area contributed by atoms with Gasteiger partial charge in [0.1, 0.15) is 0 Å². The maximum atomic E-state index is 10.9. The molecule has 0 aliphatic rings. The number of nitrogens with zero attached hydrogens (tertiary/aromatic N) is 1. The number of hydrogen-bond acceptors (Lipinski definition) is 4. The zero-order valence-electron chi connectivity index (χ0n) is 10.1. The van der Waals surface area contributed by atoms with Gasteiger partial charge in [0.25, 0.3) is 0 Å². The van der Waals surface area contributed by atoms with Crippen LogP contribution in [0.5, 0.6) is 5.75 Å². The van der Waals surface area contributed by atoms with Crippen molar-refractivity contribution in [3.63, 3.8) is 0 Å². The van der Waals surface area contributed by atoms with Crippen LogP contribution >= 0.6 is 28.6 Å². The van der Waals surface area contributed by atoms with Gasteiger partial charge in [0.15, 0.2) is 5.75 Å². The van der Waals surface area contributed by atoms with Crippen molar-refractivity contribution in [2.75, 3.05) is 12.4 Å². The maximum absolute atomic E-state index is 10.9. The summed E-state index contributed by atoms with van der Waals surface area (Å²) in [6.07, 6.45) is 1.89. The molecule has 0 aliphatic carbocycles. The minimum absolute atomic E-state index is 0.00813. The number of ether oxygens (including phenoxy) is 1. The molecule has 0 saturated carbocycles. The highest BCUT2D eigenvalue weighted by Crippen LogP contribution is 2.30. The van der Waals surface area contributed by atoms with E-state index in [2.05, 4.69) is 35.5 Å². The number of hydrogen-bond donors (Lipinski definition) is 1. The zero-order chi connectivity index (χ0) is 13.5. The van der Waals surface area contributed by atoms with Crippen LogP contribution < -0.4 is 4.74 Å². The summed E-state index contributed by atoms with van der Waals surface area (Å²) >= 11 is 7.38. The van der Waals surface area contributed by atoms with Gasteiger partial charge < -0.3 is 4.74 Å². The minimum atomic E-state index is -0.433. The van der Waals surface area contributed by atoms with E-state index < -0.39 is 4.92 Å². The summed E-state index contributed by atoms with van der Waals surface area (Å²) in [4.78, 5) is 10.4. The van der Waals surface area contributed by atoms with Crippen molar-refractivity contribution in [2.45, 2.75) is 19.8 Å². The van der Waals surface area contributed by atoms with E-state index >= 15 is 0 Å². The molecule has 0 saturated heterocycles. The Labute approximate surface area is 120 Å². The molecule has 100 valence electrons. The van der Waals surface area contributed by atoms with Gasteiger partial charge in [0.2, 0.25) is 0 Å². The number of benzene rings is 1. The molecule has 6 heteroatoms. The van der Waals surface area contributed by atoms with Gasteiger partial charge in [-0.1, -0.05) is 22.9 Å². The molecule has 0 spiro atoms. The minimum Gasteiger partial charge on any atom is -0.487 e. The first-order chi connectivity index (χ1) is 8.54.